The van der Waals surface area contributed by atoms with Gasteiger partial charge in [0.2, 0.25) is 0 Å². The molecule has 1 fully saturated rings. The first-order valence-electron chi connectivity index (χ1n) is 13.5. The number of nitrogens with one attached hydrogen (secondary N) is 4. The highest BCUT2D eigenvalue weighted by atomic mass is 32.1. The number of nitrogens with zero attached hydrogens (tertiary/aromatic N) is 2. The van der Waals surface area contributed by atoms with Gasteiger partial charge in [-0.2, -0.15) is 0 Å². The highest BCUT2D eigenvalue weighted by Crippen LogP contribution is 2.42. The van der Waals surface area contributed by atoms with Crippen molar-refractivity contribution in [1.82, 2.24) is 9.88 Å². The predicted octanol–water partition coefficient (Wildman–Crippen LogP) is 4.67. The highest BCUT2D eigenvalue weighted by molar-refractivity contribution is 7.22. The fraction of sp³-hybridized carbons (Fsp3) is 0.233. The van der Waals surface area contributed by atoms with Gasteiger partial charge in [0.15, 0.2) is 5.13 Å². The van der Waals surface area contributed by atoms with E-state index in [0.29, 0.717) is 28.2 Å². The number of carbonyl (C=O) groups is 2. The second kappa shape index (κ2) is 11.6. The lowest BCUT2D eigenvalue weighted by Crippen LogP contribution is -2.38. The number of benzene rings is 3. The summed E-state index contributed by atoms with van der Waals surface area (Å²) in [6, 6.07) is 18.0. The maximum absolute atomic E-state index is 13.1. The highest BCUT2D eigenvalue weighted by Gasteiger charge is 2.30. The van der Waals surface area contributed by atoms with Crippen molar-refractivity contribution in [1.29, 1.82) is 0 Å². The topological polar surface area (TPSA) is 134 Å². The molecule has 2 aliphatic heterocycles. The molecule has 210 valence electrons. The molecule has 0 spiro atoms. The summed E-state index contributed by atoms with van der Waals surface area (Å²) in [4.78, 5) is 32.9. The Morgan fingerprint density at radius 3 is 2.63 bits per heavy atom. The van der Waals surface area contributed by atoms with Crippen molar-refractivity contribution in [3.05, 3.63) is 77.5 Å². The van der Waals surface area contributed by atoms with Crippen LogP contribution in [0.25, 0.3) is 15.8 Å². The fourth-order valence-electron chi connectivity index (χ4n) is 5.01. The molecule has 0 bridgehead atoms. The van der Waals surface area contributed by atoms with Crippen molar-refractivity contribution < 1.29 is 14.3 Å². The van der Waals surface area contributed by atoms with E-state index in [0.717, 1.165) is 71.7 Å². The molecular formula is C30H31N7O3S. The zero-order valence-corrected chi connectivity index (χ0v) is 23.4. The maximum atomic E-state index is 13.1. The third-order valence-electron chi connectivity index (χ3n) is 7.15. The van der Waals surface area contributed by atoms with E-state index in [4.69, 9.17) is 15.5 Å². The number of anilines is 5. The molecule has 6 rings (SSSR count). The molecule has 10 nitrogen and oxygen atoms in total. The SMILES string of the molecule is C/C(Nc1ccc(C(=O)Nc2ccccc2N)cc1)=C1/C(=O)Nc2ccc3nc(NCCN4CCOCC4)sc3c21. The van der Waals surface area contributed by atoms with Gasteiger partial charge in [-0.1, -0.05) is 23.5 Å². The van der Waals surface area contributed by atoms with Gasteiger partial charge >= 0.3 is 0 Å². The number of nitrogens with two attached hydrogens (primary N) is 1. The number of morpholine rings is 1. The summed E-state index contributed by atoms with van der Waals surface area (Å²) >= 11 is 1.55. The molecule has 6 N–H and O–H groups in total. The van der Waals surface area contributed by atoms with Gasteiger partial charge in [-0.25, -0.2) is 4.98 Å². The number of allylic oxidation sites excluding steroid dienone is 1. The summed E-state index contributed by atoms with van der Waals surface area (Å²) in [6.45, 7) is 7.04. The second-order valence-electron chi connectivity index (χ2n) is 9.93. The van der Waals surface area contributed by atoms with Gasteiger partial charge in [-0.3, -0.25) is 14.5 Å². The standard InChI is InChI=1S/C30H31N7O3S/c1-18(33-20-8-6-19(7-9-20)28(38)34-22-5-3-2-4-21(22)31)25-26-23(35-29(25)39)10-11-24-27(26)41-30(36-24)32-12-13-37-14-16-40-17-15-37/h2-11,33H,12-17,31H2,1H3,(H,32,36)(H,34,38)(H,35,39)/b25-18-. The molecule has 0 aliphatic carbocycles. The minimum Gasteiger partial charge on any atom is -0.397 e. The number of carbonyl (C=O) groups excluding carboxylic acids is 2. The Kier molecular flexibility index (Phi) is 7.55. The second-order valence-corrected chi connectivity index (χ2v) is 10.9. The number of rotatable bonds is 8. The van der Waals surface area contributed by atoms with E-state index in [1.165, 1.54) is 0 Å². The number of ether oxygens (including phenoxy) is 1. The molecule has 3 aromatic carbocycles. The Labute approximate surface area is 241 Å². The van der Waals surface area contributed by atoms with E-state index in [1.807, 2.05) is 43.3 Å². The van der Waals surface area contributed by atoms with Crippen molar-refractivity contribution in [2.75, 3.05) is 66.4 Å². The molecule has 2 aliphatic rings. The molecule has 4 aromatic rings. The fourth-order valence-corrected chi connectivity index (χ4v) is 6.05. The summed E-state index contributed by atoms with van der Waals surface area (Å²) < 4.78 is 6.38. The quantitative estimate of drug-likeness (QED) is 0.153. The summed E-state index contributed by atoms with van der Waals surface area (Å²) in [5, 5.41) is 13.4. The van der Waals surface area contributed by atoms with Crippen molar-refractivity contribution in [2.24, 2.45) is 0 Å². The van der Waals surface area contributed by atoms with Gasteiger partial charge in [0.05, 0.1) is 46.1 Å². The van der Waals surface area contributed by atoms with Crippen LogP contribution in [-0.2, 0) is 9.53 Å². The number of hydrogen-bond donors (Lipinski definition) is 5. The predicted molar refractivity (Wildman–Crippen MR) is 165 cm³/mol. The van der Waals surface area contributed by atoms with Crippen LogP contribution in [0, 0.1) is 0 Å². The van der Waals surface area contributed by atoms with Crippen LogP contribution in [0.1, 0.15) is 22.8 Å². The largest absolute Gasteiger partial charge is 0.397 e. The molecule has 2 amide bonds. The van der Waals surface area contributed by atoms with Crippen LogP contribution in [0.3, 0.4) is 0 Å². The van der Waals surface area contributed by atoms with E-state index in [-0.39, 0.29) is 11.8 Å². The third-order valence-corrected chi connectivity index (χ3v) is 8.20. The number of nitrogen functional groups attached to an aromatic ring is 1. The van der Waals surface area contributed by atoms with Crippen LogP contribution in [0.4, 0.5) is 27.9 Å². The van der Waals surface area contributed by atoms with Crippen LogP contribution in [-0.4, -0.2) is 61.1 Å². The lowest BCUT2D eigenvalue weighted by Gasteiger charge is -2.26. The number of fused-ring (bicyclic) bond motifs is 3. The third kappa shape index (κ3) is 5.73. The average Bonchev–Trinajstić information content (AvgIpc) is 3.55. The van der Waals surface area contributed by atoms with Crippen LogP contribution in [0.5, 0.6) is 0 Å². The molecule has 0 saturated carbocycles. The molecule has 3 heterocycles. The van der Waals surface area contributed by atoms with E-state index >= 15 is 0 Å². The average molecular weight is 570 g/mol. The Balaban J connectivity index is 1.18. The molecule has 1 aromatic heterocycles. The molecular weight excluding hydrogens is 538 g/mol. The Morgan fingerprint density at radius 2 is 1.85 bits per heavy atom. The van der Waals surface area contributed by atoms with Crippen molar-refractivity contribution >= 4 is 66.8 Å². The van der Waals surface area contributed by atoms with Crippen LogP contribution < -0.4 is 27.0 Å². The van der Waals surface area contributed by atoms with Gasteiger partial charge in [0.25, 0.3) is 11.8 Å². The molecule has 0 atom stereocenters. The molecule has 1 saturated heterocycles. The van der Waals surface area contributed by atoms with Crippen molar-refractivity contribution in [3.63, 3.8) is 0 Å². The first-order chi connectivity index (χ1) is 20.0. The molecule has 11 heteroatoms. The molecule has 41 heavy (non-hydrogen) atoms. The summed E-state index contributed by atoms with van der Waals surface area (Å²) in [5.41, 5.74) is 12.0. The summed E-state index contributed by atoms with van der Waals surface area (Å²) in [6.07, 6.45) is 0. The number of aromatic nitrogens is 1. The van der Waals surface area contributed by atoms with Crippen molar-refractivity contribution in [3.8, 4) is 0 Å². The van der Waals surface area contributed by atoms with Gasteiger partial charge in [-0.15, -0.1) is 0 Å². The zero-order valence-electron chi connectivity index (χ0n) is 22.6. The number of para-hydroxylation sites is 2. The zero-order chi connectivity index (χ0) is 28.3. The summed E-state index contributed by atoms with van der Waals surface area (Å²) in [5.74, 6) is -0.417. The van der Waals surface area contributed by atoms with E-state index in [2.05, 4.69) is 26.2 Å². The monoisotopic (exact) mass is 569 g/mol. The lowest BCUT2D eigenvalue weighted by molar-refractivity contribution is -0.110. The molecule has 0 unspecified atom stereocenters. The van der Waals surface area contributed by atoms with Crippen LogP contribution in [0.2, 0.25) is 0 Å². The molecule has 0 radical (unpaired) electrons. The van der Waals surface area contributed by atoms with E-state index in [1.54, 1.807) is 35.6 Å². The number of thiazole rings is 1. The minimum absolute atomic E-state index is 0.163. The van der Waals surface area contributed by atoms with E-state index < -0.39 is 0 Å². The maximum Gasteiger partial charge on any atom is 0.258 e. The summed E-state index contributed by atoms with van der Waals surface area (Å²) in [7, 11) is 0. The van der Waals surface area contributed by atoms with Gasteiger partial charge < -0.3 is 31.7 Å². The normalized spacial score (nSPS) is 16.3. The minimum atomic E-state index is -0.254. The van der Waals surface area contributed by atoms with Crippen molar-refractivity contribution in [2.45, 2.75) is 6.92 Å². The first-order valence-corrected chi connectivity index (χ1v) is 14.3. The number of amides is 2. The van der Waals surface area contributed by atoms with Crippen LogP contribution in [0.15, 0.2) is 66.4 Å². The van der Waals surface area contributed by atoms with Crippen LogP contribution >= 0.6 is 11.3 Å². The van der Waals surface area contributed by atoms with Gasteiger partial charge in [0.1, 0.15) is 0 Å². The smallest absolute Gasteiger partial charge is 0.258 e. The Hall–Kier alpha value is -4.45. The Bertz CT molecular complexity index is 1640. The number of hydrogen-bond acceptors (Lipinski definition) is 9. The van der Waals surface area contributed by atoms with E-state index in [9.17, 15) is 9.59 Å². The lowest BCUT2D eigenvalue weighted by atomic mass is 10.0. The first kappa shape index (κ1) is 26.8. The Morgan fingerprint density at radius 1 is 1.07 bits per heavy atom. The van der Waals surface area contributed by atoms with Gasteiger partial charge in [0, 0.05) is 48.7 Å². The van der Waals surface area contributed by atoms with Gasteiger partial charge in [-0.05, 0) is 55.5 Å².